The van der Waals surface area contributed by atoms with E-state index in [-0.39, 0.29) is 12.1 Å². The Morgan fingerprint density at radius 3 is 1.33 bits per heavy atom. The molecule has 2 aliphatic rings. The van der Waals surface area contributed by atoms with E-state index in [0.717, 1.165) is 143 Å². The van der Waals surface area contributed by atoms with E-state index in [1.165, 1.54) is 0 Å². The number of hydrogen-bond donors (Lipinski definition) is 4. The second kappa shape index (κ2) is 19.4. The summed E-state index contributed by atoms with van der Waals surface area (Å²) >= 11 is 0. The van der Waals surface area contributed by atoms with Crippen molar-refractivity contribution in [1.82, 2.24) is 19.9 Å². The number of halogens is 3. The minimum atomic E-state index is -5.18. The lowest BCUT2D eigenvalue weighted by Crippen LogP contribution is -2.45. The number of aliphatic hydroxyl groups excluding tert-OH is 1. The number of aromatic amines is 2. The molecule has 0 fully saturated rings. The van der Waals surface area contributed by atoms with Gasteiger partial charge in [-0.1, -0.05) is 105 Å². The number of fused-ring (bicyclic) bond motifs is 8. The fourth-order valence-electron chi connectivity index (χ4n) is 8.10. The highest BCUT2D eigenvalue weighted by molar-refractivity contribution is 5.80. The molecule has 0 saturated heterocycles. The third-order valence-electron chi connectivity index (χ3n) is 11.3. The van der Waals surface area contributed by atoms with E-state index in [1.54, 1.807) is 0 Å². The fraction of sp³-hybridized carbons (Fsp3) is 0.600. The highest BCUT2D eigenvalue weighted by Crippen LogP contribution is 2.52. The van der Waals surface area contributed by atoms with Crippen LogP contribution in [0.25, 0.3) is 34.2 Å². The number of nitrogens with one attached hydrogen (secondary N) is 2. The molecule has 0 spiro atoms. The maximum Gasteiger partial charge on any atom is 0.426 e. The normalized spacial score (nSPS) is 17.2. The Bertz CT molecular complexity index is 1870. The zero-order valence-corrected chi connectivity index (χ0v) is 33.1. The van der Waals surface area contributed by atoms with Crippen molar-refractivity contribution in [2.24, 2.45) is 0 Å². The molecule has 5 rings (SSSR count). The highest BCUT2D eigenvalue weighted by Gasteiger charge is 2.65. The van der Waals surface area contributed by atoms with Crippen molar-refractivity contribution in [3.05, 3.63) is 69.3 Å². The summed E-state index contributed by atoms with van der Waals surface area (Å²) in [6.45, 7) is 8.59. The van der Waals surface area contributed by atoms with E-state index in [0.29, 0.717) is 35.0 Å². The molecule has 5 heterocycles. The Labute approximate surface area is 320 Å². The lowest BCUT2D eigenvalue weighted by atomic mass is 9.87. The number of unbranched alkanes of at least 4 members (excludes halogenated alkanes) is 12. The Morgan fingerprint density at radius 1 is 0.556 bits per heavy atom. The molecule has 0 radical (unpaired) electrons. The topological polar surface area (TPSA) is 97.8 Å². The van der Waals surface area contributed by atoms with Crippen molar-refractivity contribution in [3.8, 4) is 0 Å². The number of H-pyrrole nitrogens is 2. The van der Waals surface area contributed by atoms with Crippen LogP contribution in [0.4, 0.5) is 13.2 Å². The van der Waals surface area contributed by atoms with E-state index < -0.39 is 23.6 Å². The summed E-state index contributed by atoms with van der Waals surface area (Å²) < 4.78 is 46.1. The van der Waals surface area contributed by atoms with E-state index in [2.05, 4.69) is 49.8 Å². The minimum absolute atomic E-state index is 0.110. The van der Waals surface area contributed by atoms with Gasteiger partial charge in [0.1, 0.15) is 6.10 Å². The van der Waals surface area contributed by atoms with Gasteiger partial charge >= 0.3 is 6.18 Å². The van der Waals surface area contributed by atoms with Crippen LogP contribution in [0.1, 0.15) is 182 Å². The summed E-state index contributed by atoms with van der Waals surface area (Å²) in [5.41, 5.74) is 3.22. The van der Waals surface area contributed by atoms with Crippen LogP contribution in [-0.4, -0.2) is 36.3 Å². The van der Waals surface area contributed by atoms with Crippen LogP contribution in [0.2, 0.25) is 0 Å². The van der Waals surface area contributed by atoms with Gasteiger partial charge in [-0.2, -0.15) is 13.2 Å². The third-order valence-corrected chi connectivity index (χ3v) is 11.3. The molecule has 0 saturated carbocycles. The van der Waals surface area contributed by atoms with Gasteiger partial charge in [-0.25, -0.2) is 4.98 Å². The van der Waals surface area contributed by atoms with Crippen molar-refractivity contribution in [2.75, 3.05) is 0 Å². The van der Waals surface area contributed by atoms with Gasteiger partial charge < -0.3 is 20.2 Å². The van der Waals surface area contributed by atoms with E-state index in [9.17, 15) is 10.2 Å². The average molecular weight is 749 g/mol. The van der Waals surface area contributed by atoms with E-state index in [4.69, 9.17) is 9.97 Å². The first-order chi connectivity index (χ1) is 26.1. The molecule has 3 aromatic heterocycles. The lowest BCUT2D eigenvalue weighted by Gasteiger charge is -2.30. The quantitative estimate of drug-likeness (QED) is 0.0677. The molecular weight excluding hydrogens is 686 g/mol. The Hall–Kier alpha value is -3.43. The van der Waals surface area contributed by atoms with Gasteiger partial charge in [-0.05, 0) is 93.3 Å². The second-order valence-corrected chi connectivity index (χ2v) is 15.5. The smallest absolute Gasteiger partial charge is 0.383 e. The fourth-order valence-corrected chi connectivity index (χ4v) is 8.10. The molecule has 6 nitrogen and oxygen atoms in total. The molecule has 54 heavy (non-hydrogen) atoms. The van der Waals surface area contributed by atoms with Crippen molar-refractivity contribution < 1.29 is 23.4 Å². The zero-order chi connectivity index (χ0) is 38.7. The third kappa shape index (κ3) is 9.32. The first-order valence-electron chi connectivity index (χ1n) is 21.0. The predicted molar refractivity (Wildman–Crippen MR) is 216 cm³/mol. The van der Waals surface area contributed by atoms with Crippen LogP contribution in [0, 0.1) is 0 Å². The van der Waals surface area contributed by atoms with Crippen molar-refractivity contribution in [1.29, 1.82) is 0 Å². The SMILES string of the molecule is CCCCCCc1c2nc(c(CCCCCC)c3ccc([nH]3)c(CCCCCC)c3nc(c(CCCCCC)c4ccc1[nH]4)C(O)C3(O)C(F)(F)F)C=C2. The molecule has 0 aromatic carbocycles. The summed E-state index contributed by atoms with van der Waals surface area (Å²) in [5.74, 6) is 0. The lowest BCUT2D eigenvalue weighted by molar-refractivity contribution is -0.297. The number of nitrogens with zero attached hydrogens (tertiary/aromatic N) is 2. The molecule has 0 aliphatic carbocycles. The maximum absolute atomic E-state index is 15.4. The minimum Gasteiger partial charge on any atom is -0.383 e. The van der Waals surface area contributed by atoms with Gasteiger partial charge in [0.15, 0.2) is 0 Å². The van der Waals surface area contributed by atoms with Crippen LogP contribution < -0.4 is 0 Å². The van der Waals surface area contributed by atoms with Crippen LogP contribution in [0.3, 0.4) is 0 Å². The molecule has 3 aromatic rings. The molecule has 2 unspecified atom stereocenters. The van der Waals surface area contributed by atoms with Gasteiger partial charge in [0.2, 0.25) is 5.60 Å². The van der Waals surface area contributed by atoms with Crippen LogP contribution in [-0.2, 0) is 31.3 Å². The van der Waals surface area contributed by atoms with Crippen LogP contribution in [0.5, 0.6) is 0 Å². The molecule has 296 valence electrons. The number of rotatable bonds is 20. The van der Waals surface area contributed by atoms with Crippen LogP contribution in [0.15, 0.2) is 24.3 Å². The summed E-state index contributed by atoms with van der Waals surface area (Å²) in [6, 6.07) is 7.64. The van der Waals surface area contributed by atoms with E-state index in [1.807, 2.05) is 24.3 Å². The number of aliphatic hydroxyl groups is 2. The number of alkyl halides is 3. The molecule has 4 N–H and O–H groups in total. The molecular formula is C45H63F3N4O2. The summed E-state index contributed by atoms with van der Waals surface area (Å²) in [7, 11) is 0. The first kappa shape index (κ1) is 41.7. The van der Waals surface area contributed by atoms with Crippen molar-refractivity contribution >= 4 is 34.2 Å². The maximum atomic E-state index is 15.4. The average Bonchev–Trinajstić information content (AvgIpc) is 3.97. The van der Waals surface area contributed by atoms with Gasteiger partial charge in [0, 0.05) is 38.8 Å². The van der Waals surface area contributed by atoms with Crippen molar-refractivity contribution in [3.63, 3.8) is 0 Å². The number of aryl methyl sites for hydroxylation is 4. The van der Waals surface area contributed by atoms with Gasteiger partial charge in [0.25, 0.3) is 0 Å². The predicted octanol–water partition coefficient (Wildman–Crippen LogP) is 12.5. The highest BCUT2D eigenvalue weighted by atomic mass is 19.4. The van der Waals surface area contributed by atoms with Gasteiger partial charge in [-0.15, -0.1) is 0 Å². The summed E-state index contributed by atoms with van der Waals surface area (Å²) in [4.78, 5) is 17.0. The van der Waals surface area contributed by atoms with Gasteiger partial charge in [-0.3, -0.25) is 4.98 Å². The summed E-state index contributed by atoms with van der Waals surface area (Å²) in [6.07, 6.45) is 14.6. The van der Waals surface area contributed by atoms with E-state index >= 15 is 13.2 Å². The Kier molecular flexibility index (Phi) is 15.0. The molecule has 8 bridgehead atoms. The monoisotopic (exact) mass is 748 g/mol. The van der Waals surface area contributed by atoms with Crippen LogP contribution >= 0.6 is 0 Å². The van der Waals surface area contributed by atoms with Crippen molar-refractivity contribution in [2.45, 2.75) is 174 Å². The first-order valence-corrected chi connectivity index (χ1v) is 21.0. The summed E-state index contributed by atoms with van der Waals surface area (Å²) in [5, 5.41) is 23.7. The Morgan fingerprint density at radius 2 is 0.926 bits per heavy atom. The largest absolute Gasteiger partial charge is 0.426 e. The molecule has 2 aliphatic heterocycles. The molecule has 0 amide bonds. The zero-order valence-electron chi connectivity index (χ0n) is 33.1. The number of hydrogen-bond acceptors (Lipinski definition) is 4. The number of aromatic nitrogens is 4. The second-order valence-electron chi connectivity index (χ2n) is 15.5. The Balaban J connectivity index is 1.90. The van der Waals surface area contributed by atoms with Gasteiger partial charge in [0.05, 0.1) is 22.8 Å². The standard InChI is InChI=1S/C45H63F3N4O2/c1-5-9-13-17-21-31-35-25-26-36(49-35)32(22-18-14-10-6-2)38-28-30-40(51-38)34(24-20-16-12-8-4)42-44(54,45(46,47)48)43(53)41(52-42)33(23-19-15-11-7-3)39-29-27-37(31)50-39/h25-30,43,50-51,53-54H,5-24H2,1-4H3. The molecule has 2 atom stereocenters. The molecule has 9 heteroatoms.